The summed E-state index contributed by atoms with van der Waals surface area (Å²) in [5, 5.41) is 0. The molecule has 1 nitrogen and oxygen atoms in total. The highest BCUT2D eigenvalue weighted by Crippen LogP contribution is 2.02. The molecule has 0 aromatic rings. The minimum atomic E-state index is 1.07. The maximum Gasteiger partial charge on any atom is -0.00597 e. The molecule has 0 saturated heterocycles. The van der Waals surface area contributed by atoms with Gasteiger partial charge in [-0.05, 0) is 25.1 Å². The van der Waals surface area contributed by atoms with Gasteiger partial charge in [0.1, 0.15) is 0 Å². The quantitative estimate of drug-likeness (QED) is 0.575. The van der Waals surface area contributed by atoms with Gasteiger partial charge in [0.15, 0.2) is 0 Å². The van der Waals surface area contributed by atoms with E-state index in [0.717, 1.165) is 12.8 Å². The molecule has 0 rings (SSSR count). The third-order valence-corrected chi connectivity index (χ3v) is 1.18. The Labute approximate surface area is 57.3 Å². The molecule has 1 heteroatoms. The fraction of sp³-hybridized carbons (Fsp3) is 0.500. The van der Waals surface area contributed by atoms with Gasteiger partial charge < -0.3 is 5.73 Å². The molecule has 52 valence electrons. The van der Waals surface area contributed by atoms with Crippen molar-refractivity contribution in [1.29, 1.82) is 0 Å². The van der Waals surface area contributed by atoms with Gasteiger partial charge in [0.25, 0.3) is 0 Å². The number of allylic oxidation sites excluding steroid dienone is 3. The van der Waals surface area contributed by atoms with Crippen LogP contribution in [0, 0.1) is 0 Å². The molecule has 2 N–H and O–H groups in total. The fourth-order valence-electron chi connectivity index (χ4n) is 0.716. The molecule has 0 bridgehead atoms. The Bertz CT molecular complexity index is 112. The SMILES string of the molecule is CC/C=C(/C=C\N)CC. The van der Waals surface area contributed by atoms with E-state index in [-0.39, 0.29) is 0 Å². The van der Waals surface area contributed by atoms with Crippen molar-refractivity contribution in [2.75, 3.05) is 0 Å². The summed E-state index contributed by atoms with van der Waals surface area (Å²) in [6.07, 6.45) is 7.88. The van der Waals surface area contributed by atoms with Crippen molar-refractivity contribution in [3.05, 3.63) is 23.9 Å². The van der Waals surface area contributed by atoms with Crippen molar-refractivity contribution in [3.8, 4) is 0 Å². The van der Waals surface area contributed by atoms with Gasteiger partial charge in [-0.1, -0.05) is 25.5 Å². The second-order valence-electron chi connectivity index (χ2n) is 1.90. The van der Waals surface area contributed by atoms with Crippen LogP contribution in [0.25, 0.3) is 0 Å². The normalized spacial score (nSPS) is 12.9. The molecule has 0 unspecified atom stereocenters. The predicted molar refractivity (Wildman–Crippen MR) is 42.0 cm³/mol. The Morgan fingerprint density at radius 2 is 2.11 bits per heavy atom. The Morgan fingerprint density at radius 3 is 2.44 bits per heavy atom. The van der Waals surface area contributed by atoms with Crippen LogP contribution < -0.4 is 5.73 Å². The second-order valence-corrected chi connectivity index (χ2v) is 1.90. The lowest BCUT2D eigenvalue weighted by Crippen LogP contribution is -1.79. The Balaban J connectivity index is 3.81. The Kier molecular flexibility index (Phi) is 4.98. The van der Waals surface area contributed by atoms with Crippen LogP contribution in [-0.2, 0) is 0 Å². The van der Waals surface area contributed by atoms with E-state index < -0.39 is 0 Å². The summed E-state index contributed by atoms with van der Waals surface area (Å²) in [5.41, 5.74) is 6.53. The van der Waals surface area contributed by atoms with Gasteiger partial charge in [-0.2, -0.15) is 0 Å². The van der Waals surface area contributed by atoms with Crippen molar-refractivity contribution < 1.29 is 0 Å². The summed E-state index contributed by atoms with van der Waals surface area (Å²) in [7, 11) is 0. The molecule has 0 heterocycles. The maximum absolute atomic E-state index is 5.21. The molecule has 0 radical (unpaired) electrons. The summed E-state index contributed by atoms with van der Waals surface area (Å²) in [6.45, 7) is 4.25. The molecule has 9 heavy (non-hydrogen) atoms. The fourth-order valence-corrected chi connectivity index (χ4v) is 0.716. The lowest BCUT2D eigenvalue weighted by atomic mass is 10.2. The first kappa shape index (κ1) is 8.28. The van der Waals surface area contributed by atoms with Crippen LogP contribution in [0.2, 0.25) is 0 Å². The molecular formula is C8H15N. The van der Waals surface area contributed by atoms with Crippen LogP contribution >= 0.6 is 0 Å². The monoisotopic (exact) mass is 125 g/mol. The highest BCUT2D eigenvalue weighted by atomic mass is 14.5. The molecule has 0 aliphatic rings. The van der Waals surface area contributed by atoms with Crippen molar-refractivity contribution >= 4 is 0 Å². The Morgan fingerprint density at radius 1 is 1.44 bits per heavy atom. The topological polar surface area (TPSA) is 26.0 Å². The van der Waals surface area contributed by atoms with E-state index in [1.54, 1.807) is 6.20 Å². The van der Waals surface area contributed by atoms with Gasteiger partial charge >= 0.3 is 0 Å². The molecular weight excluding hydrogens is 110 g/mol. The van der Waals surface area contributed by atoms with Gasteiger partial charge in [-0.25, -0.2) is 0 Å². The number of nitrogens with two attached hydrogens (primary N) is 1. The van der Waals surface area contributed by atoms with Gasteiger partial charge in [0.2, 0.25) is 0 Å². The summed E-state index contributed by atoms with van der Waals surface area (Å²) in [5.74, 6) is 0. The highest BCUT2D eigenvalue weighted by Gasteiger charge is 1.82. The lowest BCUT2D eigenvalue weighted by molar-refractivity contribution is 1.10. The lowest BCUT2D eigenvalue weighted by Gasteiger charge is -1.92. The number of rotatable bonds is 3. The molecule has 0 spiro atoms. The average molecular weight is 125 g/mol. The van der Waals surface area contributed by atoms with Gasteiger partial charge in [0, 0.05) is 0 Å². The summed E-state index contributed by atoms with van der Waals surface area (Å²) in [6, 6.07) is 0. The van der Waals surface area contributed by atoms with Crippen molar-refractivity contribution in [3.63, 3.8) is 0 Å². The van der Waals surface area contributed by atoms with Gasteiger partial charge in [0.05, 0.1) is 0 Å². The third kappa shape index (κ3) is 3.83. The zero-order valence-corrected chi connectivity index (χ0v) is 6.22. The summed E-state index contributed by atoms with van der Waals surface area (Å²) < 4.78 is 0. The van der Waals surface area contributed by atoms with E-state index in [4.69, 9.17) is 5.73 Å². The maximum atomic E-state index is 5.21. The first-order chi connectivity index (χ1) is 4.35. The van der Waals surface area contributed by atoms with Crippen LogP contribution in [0.3, 0.4) is 0 Å². The second kappa shape index (κ2) is 5.42. The van der Waals surface area contributed by atoms with E-state index in [2.05, 4.69) is 19.9 Å². The van der Waals surface area contributed by atoms with Crippen LogP contribution in [-0.4, -0.2) is 0 Å². The van der Waals surface area contributed by atoms with Gasteiger partial charge in [-0.3, -0.25) is 0 Å². The van der Waals surface area contributed by atoms with E-state index in [9.17, 15) is 0 Å². The van der Waals surface area contributed by atoms with Crippen molar-refractivity contribution in [1.82, 2.24) is 0 Å². The van der Waals surface area contributed by atoms with Crippen LogP contribution in [0.4, 0.5) is 0 Å². The molecule has 0 fully saturated rings. The summed E-state index contributed by atoms with van der Waals surface area (Å²) >= 11 is 0. The van der Waals surface area contributed by atoms with E-state index in [1.165, 1.54) is 5.57 Å². The highest BCUT2D eigenvalue weighted by molar-refractivity contribution is 5.16. The van der Waals surface area contributed by atoms with Gasteiger partial charge in [-0.15, -0.1) is 0 Å². The Hall–Kier alpha value is -0.720. The first-order valence-electron chi connectivity index (χ1n) is 3.42. The molecule has 0 atom stereocenters. The minimum absolute atomic E-state index is 1.07. The van der Waals surface area contributed by atoms with Crippen LogP contribution in [0.15, 0.2) is 23.9 Å². The molecule has 0 aromatic heterocycles. The molecule has 0 aromatic carbocycles. The predicted octanol–water partition coefficient (Wildman–Crippen LogP) is 2.21. The minimum Gasteiger partial charge on any atom is -0.405 e. The van der Waals surface area contributed by atoms with E-state index in [1.807, 2.05) is 6.08 Å². The number of hydrogen-bond acceptors (Lipinski definition) is 1. The molecule has 0 saturated carbocycles. The summed E-state index contributed by atoms with van der Waals surface area (Å²) in [4.78, 5) is 0. The molecule has 0 aliphatic heterocycles. The molecule has 0 amide bonds. The largest absolute Gasteiger partial charge is 0.405 e. The zero-order chi connectivity index (χ0) is 7.11. The van der Waals surface area contributed by atoms with Crippen molar-refractivity contribution in [2.45, 2.75) is 26.7 Å². The van der Waals surface area contributed by atoms with E-state index in [0.29, 0.717) is 0 Å². The van der Waals surface area contributed by atoms with E-state index >= 15 is 0 Å². The first-order valence-corrected chi connectivity index (χ1v) is 3.42. The zero-order valence-electron chi connectivity index (χ0n) is 6.22. The van der Waals surface area contributed by atoms with Crippen molar-refractivity contribution in [2.24, 2.45) is 5.73 Å². The smallest absolute Gasteiger partial charge is 0.00597 e. The standard InChI is InChI=1S/C8H15N/c1-3-5-8(4-2)6-7-9/h5-7H,3-4,9H2,1-2H3/b7-6-,8-5+. The number of hydrogen-bond donors (Lipinski definition) is 1. The van der Waals surface area contributed by atoms with Crippen LogP contribution in [0.1, 0.15) is 26.7 Å². The molecule has 0 aliphatic carbocycles. The average Bonchev–Trinajstić information content (AvgIpc) is 1.88. The third-order valence-electron chi connectivity index (χ3n) is 1.18. The van der Waals surface area contributed by atoms with Crippen LogP contribution in [0.5, 0.6) is 0 Å².